The maximum atomic E-state index is 13.3. The van der Waals surface area contributed by atoms with Crippen molar-refractivity contribution in [2.75, 3.05) is 38.6 Å². The van der Waals surface area contributed by atoms with Gasteiger partial charge in [0.05, 0.1) is 22.3 Å². The average Bonchev–Trinajstić information content (AvgIpc) is 2.93. The maximum absolute atomic E-state index is 13.3. The molecule has 0 fully saturated rings. The summed E-state index contributed by atoms with van der Waals surface area (Å²) in [6.07, 6.45) is -0.133. The van der Waals surface area contributed by atoms with Gasteiger partial charge in [-0.3, -0.25) is 9.52 Å². The van der Waals surface area contributed by atoms with Gasteiger partial charge in [-0.1, -0.05) is 49.4 Å². The number of amides is 1. The van der Waals surface area contributed by atoms with Crippen molar-refractivity contribution < 1.29 is 22.7 Å². The van der Waals surface area contributed by atoms with E-state index in [2.05, 4.69) is 17.0 Å². The summed E-state index contributed by atoms with van der Waals surface area (Å²) in [6.45, 7) is 5.52. The number of fused-ring (bicyclic) bond motifs is 1. The number of carbonyl (C=O) groups is 1. The standard InChI is InChI=1S/C29H35N3O5S/c1-20-17-30-21(2)19-37-27-16-24(12-15-26(27)29(33)32(3)18-28(20)36-4)31-38(34,35)25-13-10-23(11-14-25)22-8-6-5-7-9-22/h5-16,20-21,28,30-31H,17-19H2,1-4H3/t20-,21+,28+/m0/s1. The molecular weight excluding hydrogens is 502 g/mol. The van der Waals surface area contributed by atoms with Crippen LogP contribution in [0.1, 0.15) is 24.2 Å². The number of hydrogen-bond donors (Lipinski definition) is 2. The highest BCUT2D eigenvalue weighted by Gasteiger charge is 2.26. The Kier molecular flexibility index (Phi) is 8.71. The van der Waals surface area contributed by atoms with Crippen molar-refractivity contribution in [3.8, 4) is 16.9 Å². The first kappa shape index (κ1) is 27.6. The van der Waals surface area contributed by atoms with E-state index in [1.807, 2.05) is 37.3 Å². The van der Waals surface area contributed by atoms with Crippen LogP contribution in [0.25, 0.3) is 11.1 Å². The van der Waals surface area contributed by atoms with Crippen molar-refractivity contribution in [1.82, 2.24) is 10.2 Å². The minimum Gasteiger partial charge on any atom is -0.491 e. The molecule has 0 aromatic heterocycles. The lowest BCUT2D eigenvalue weighted by Crippen LogP contribution is -2.44. The van der Waals surface area contributed by atoms with Gasteiger partial charge in [-0.15, -0.1) is 0 Å². The van der Waals surface area contributed by atoms with Gasteiger partial charge in [0.1, 0.15) is 12.4 Å². The van der Waals surface area contributed by atoms with E-state index < -0.39 is 10.0 Å². The van der Waals surface area contributed by atoms with E-state index in [0.29, 0.717) is 36.7 Å². The first-order valence-corrected chi connectivity index (χ1v) is 14.1. The van der Waals surface area contributed by atoms with Crippen LogP contribution in [0.3, 0.4) is 0 Å². The number of rotatable bonds is 5. The molecule has 1 aliphatic heterocycles. The number of anilines is 1. The van der Waals surface area contributed by atoms with Crippen molar-refractivity contribution in [1.29, 1.82) is 0 Å². The second-order valence-electron chi connectivity index (χ2n) is 9.76. The minimum atomic E-state index is -3.86. The smallest absolute Gasteiger partial charge is 0.261 e. The molecule has 202 valence electrons. The van der Waals surface area contributed by atoms with Gasteiger partial charge in [0.15, 0.2) is 0 Å². The molecular formula is C29H35N3O5S. The first-order valence-electron chi connectivity index (χ1n) is 12.6. The predicted octanol–water partition coefficient (Wildman–Crippen LogP) is 4.25. The van der Waals surface area contributed by atoms with Crippen LogP contribution in [0, 0.1) is 5.92 Å². The molecule has 1 heterocycles. The molecule has 38 heavy (non-hydrogen) atoms. The molecule has 3 atom stereocenters. The summed E-state index contributed by atoms with van der Waals surface area (Å²) in [5.74, 6) is 0.286. The van der Waals surface area contributed by atoms with Crippen molar-refractivity contribution in [2.45, 2.75) is 30.9 Å². The average molecular weight is 538 g/mol. The molecule has 1 amide bonds. The van der Waals surface area contributed by atoms with Crippen molar-refractivity contribution in [3.05, 3.63) is 78.4 Å². The van der Waals surface area contributed by atoms with Crippen LogP contribution in [-0.2, 0) is 14.8 Å². The molecule has 0 spiro atoms. The van der Waals surface area contributed by atoms with E-state index in [0.717, 1.165) is 11.1 Å². The Hall–Kier alpha value is -3.40. The van der Waals surface area contributed by atoms with Crippen LogP contribution < -0.4 is 14.8 Å². The fourth-order valence-corrected chi connectivity index (χ4v) is 5.44. The molecule has 2 N–H and O–H groups in total. The van der Waals surface area contributed by atoms with E-state index in [1.54, 1.807) is 61.5 Å². The van der Waals surface area contributed by atoms with Crippen LogP contribution in [0.2, 0.25) is 0 Å². The molecule has 0 radical (unpaired) electrons. The van der Waals surface area contributed by atoms with E-state index in [4.69, 9.17) is 9.47 Å². The third-order valence-electron chi connectivity index (χ3n) is 6.75. The zero-order chi connectivity index (χ0) is 27.3. The van der Waals surface area contributed by atoms with Crippen molar-refractivity contribution in [2.24, 2.45) is 5.92 Å². The Bertz CT molecular complexity index is 1350. The second-order valence-corrected chi connectivity index (χ2v) is 11.4. The largest absolute Gasteiger partial charge is 0.491 e. The van der Waals surface area contributed by atoms with Crippen LogP contribution in [0.5, 0.6) is 5.75 Å². The number of benzene rings is 3. The number of carbonyl (C=O) groups excluding carboxylic acids is 1. The fourth-order valence-electron chi connectivity index (χ4n) is 4.39. The number of methoxy groups -OCH3 is 1. The highest BCUT2D eigenvalue weighted by molar-refractivity contribution is 7.92. The second kappa shape index (κ2) is 12.0. The van der Waals surface area contributed by atoms with Crippen LogP contribution in [0.4, 0.5) is 5.69 Å². The lowest BCUT2D eigenvalue weighted by Gasteiger charge is -2.30. The Balaban J connectivity index is 1.58. The number of ether oxygens (including phenoxy) is 2. The van der Waals surface area contributed by atoms with Gasteiger partial charge in [-0.05, 0) is 48.2 Å². The maximum Gasteiger partial charge on any atom is 0.261 e. The first-order chi connectivity index (χ1) is 18.2. The molecule has 0 bridgehead atoms. The third-order valence-corrected chi connectivity index (χ3v) is 8.15. The Morgan fingerprint density at radius 2 is 1.68 bits per heavy atom. The van der Waals surface area contributed by atoms with E-state index in [9.17, 15) is 13.2 Å². The molecule has 0 aliphatic carbocycles. The normalized spacial score (nSPS) is 21.0. The van der Waals surface area contributed by atoms with Crippen molar-refractivity contribution >= 4 is 21.6 Å². The van der Waals surface area contributed by atoms with Gasteiger partial charge < -0.3 is 19.7 Å². The molecule has 3 aromatic carbocycles. The minimum absolute atomic E-state index is 0.0125. The summed E-state index contributed by atoms with van der Waals surface area (Å²) in [7, 11) is -0.484. The summed E-state index contributed by atoms with van der Waals surface area (Å²) in [5, 5.41) is 3.44. The van der Waals surface area contributed by atoms with E-state index in [-0.39, 0.29) is 28.9 Å². The zero-order valence-corrected chi connectivity index (χ0v) is 23.0. The molecule has 0 saturated carbocycles. The van der Waals surface area contributed by atoms with Crippen LogP contribution in [0.15, 0.2) is 77.7 Å². The SMILES string of the molecule is CO[C@@H]1CN(C)C(=O)c2ccc(NS(=O)(=O)c3ccc(-c4ccccc4)cc3)cc2OC[C@@H](C)NC[C@@H]1C. The van der Waals surface area contributed by atoms with E-state index in [1.165, 1.54) is 0 Å². The molecule has 4 rings (SSSR count). The van der Waals surface area contributed by atoms with Crippen LogP contribution in [-0.4, -0.2) is 65.2 Å². The lowest BCUT2D eigenvalue weighted by molar-refractivity contribution is 0.0281. The van der Waals surface area contributed by atoms with Gasteiger partial charge in [0.25, 0.3) is 15.9 Å². The summed E-state index contributed by atoms with van der Waals surface area (Å²) in [6, 6.07) is 21.2. The number of nitrogens with zero attached hydrogens (tertiary/aromatic N) is 1. The summed E-state index contributed by atoms with van der Waals surface area (Å²) in [4.78, 5) is 15.1. The molecule has 9 heteroatoms. The zero-order valence-electron chi connectivity index (χ0n) is 22.2. The van der Waals surface area contributed by atoms with Gasteiger partial charge in [0, 0.05) is 39.4 Å². The Morgan fingerprint density at radius 1 is 1.00 bits per heavy atom. The van der Waals surface area contributed by atoms with Gasteiger partial charge in [-0.25, -0.2) is 8.42 Å². The third kappa shape index (κ3) is 6.53. The number of hydrogen-bond acceptors (Lipinski definition) is 6. The fraction of sp³-hybridized carbons (Fsp3) is 0.345. The molecule has 1 aliphatic rings. The van der Waals surface area contributed by atoms with Gasteiger partial charge >= 0.3 is 0 Å². The van der Waals surface area contributed by atoms with Crippen molar-refractivity contribution in [3.63, 3.8) is 0 Å². The number of likely N-dealkylation sites (N-methyl/N-ethyl adjacent to an activating group) is 1. The molecule has 8 nitrogen and oxygen atoms in total. The number of nitrogens with one attached hydrogen (secondary N) is 2. The summed E-state index contributed by atoms with van der Waals surface area (Å²) >= 11 is 0. The van der Waals surface area contributed by atoms with Gasteiger partial charge in [-0.2, -0.15) is 0 Å². The lowest BCUT2D eigenvalue weighted by atomic mass is 10.0. The predicted molar refractivity (Wildman–Crippen MR) is 149 cm³/mol. The number of sulfonamides is 1. The quantitative estimate of drug-likeness (QED) is 0.505. The Morgan fingerprint density at radius 3 is 2.37 bits per heavy atom. The highest BCUT2D eigenvalue weighted by atomic mass is 32.2. The molecule has 3 aromatic rings. The van der Waals surface area contributed by atoms with E-state index >= 15 is 0 Å². The summed E-state index contributed by atoms with van der Waals surface area (Å²) < 4.78 is 40.6. The molecule has 0 saturated heterocycles. The topological polar surface area (TPSA) is 97.0 Å². The van der Waals surface area contributed by atoms with Gasteiger partial charge in [0.2, 0.25) is 0 Å². The summed E-state index contributed by atoms with van der Waals surface area (Å²) in [5.41, 5.74) is 2.60. The monoisotopic (exact) mass is 537 g/mol. The van der Waals surface area contributed by atoms with Crippen LogP contribution >= 0.6 is 0 Å². The Labute approximate surface area is 225 Å². The molecule has 0 unspecified atom stereocenters. The highest BCUT2D eigenvalue weighted by Crippen LogP contribution is 2.28.